The first kappa shape index (κ1) is 16.1. The number of hydrogen-bond acceptors (Lipinski definition) is 3. The molecule has 2 aromatic carbocycles. The van der Waals surface area contributed by atoms with Gasteiger partial charge in [0.15, 0.2) is 0 Å². The zero-order valence-electron chi connectivity index (χ0n) is 13.1. The maximum Gasteiger partial charge on any atom is 0.238 e. The lowest BCUT2D eigenvalue weighted by atomic mass is 10.1. The van der Waals surface area contributed by atoms with Gasteiger partial charge in [-0.25, -0.2) is 0 Å². The number of hydrogen-bond donors (Lipinski definition) is 2. The van der Waals surface area contributed by atoms with E-state index in [-0.39, 0.29) is 17.2 Å². The standard InChI is InChI=1S/C19H22N2OS/c22-19(21-16-10-7-13-20-14-16)18(15-8-3-1-4-9-15)23-17-11-5-2-6-12-17/h1-6,8-9,11-12,16,18,20H,7,10,13-14H2,(H,21,22)/t16-,18?/m0/s1. The van der Waals surface area contributed by atoms with Crippen molar-refractivity contribution in [2.24, 2.45) is 0 Å². The fraction of sp³-hybridized carbons (Fsp3) is 0.316. The molecule has 3 nitrogen and oxygen atoms in total. The monoisotopic (exact) mass is 326 g/mol. The Morgan fingerprint density at radius 1 is 1.09 bits per heavy atom. The van der Waals surface area contributed by atoms with Crippen molar-refractivity contribution < 1.29 is 4.79 Å². The summed E-state index contributed by atoms with van der Waals surface area (Å²) >= 11 is 1.61. The minimum atomic E-state index is -0.222. The first-order valence-electron chi connectivity index (χ1n) is 8.10. The summed E-state index contributed by atoms with van der Waals surface area (Å²) in [5.74, 6) is 0.0961. The van der Waals surface area contributed by atoms with Crippen molar-refractivity contribution in [3.8, 4) is 0 Å². The number of thioether (sulfide) groups is 1. The van der Waals surface area contributed by atoms with E-state index in [0.29, 0.717) is 0 Å². The van der Waals surface area contributed by atoms with Crippen molar-refractivity contribution in [2.45, 2.75) is 29.0 Å². The molecule has 1 amide bonds. The Kier molecular flexibility index (Phi) is 5.72. The van der Waals surface area contributed by atoms with Gasteiger partial charge in [0.05, 0.1) is 0 Å². The molecule has 120 valence electrons. The molecule has 0 saturated carbocycles. The number of nitrogens with one attached hydrogen (secondary N) is 2. The van der Waals surface area contributed by atoms with Crippen molar-refractivity contribution in [3.63, 3.8) is 0 Å². The molecule has 0 aromatic heterocycles. The second kappa shape index (κ2) is 8.18. The summed E-state index contributed by atoms with van der Waals surface area (Å²) in [6.45, 7) is 1.91. The van der Waals surface area contributed by atoms with Crippen LogP contribution >= 0.6 is 11.8 Å². The molecule has 1 aliphatic rings. The van der Waals surface area contributed by atoms with Crippen molar-refractivity contribution in [1.29, 1.82) is 0 Å². The molecule has 2 atom stereocenters. The maximum absolute atomic E-state index is 12.9. The largest absolute Gasteiger partial charge is 0.351 e. The predicted molar refractivity (Wildman–Crippen MR) is 95.5 cm³/mol. The van der Waals surface area contributed by atoms with Crippen LogP contribution in [0.4, 0.5) is 0 Å². The second-order valence-electron chi connectivity index (χ2n) is 5.77. The number of piperidine rings is 1. The van der Waals surface area contributed by atoms with Gasteiger partial charge >= 0.3 is 0 Å². The molecule has 0 aliphatic carbocycles. The third kappa shape index (κ3) is 4.60. The van der Waals surface area contributed by atoms with Gasteiger partial charge in [-0.15, -0.1) is 11.8 Å². The van der Waals surface area contributed by atoms with Gasteiger partial charge in [-0.05, 0) is 37.1 Å². The molecule has 23 heavy (non-hydrogen) atoms. The van der Waals surface area contributed by atoms with Gasteiger partial charge in [-0.3, -0.25) is 4.79 Å². The molecule has 1 fully saturated rings. The van der Waals surface area contributed by atoms with E-state index in [4.69, 9.17) is 0 Å². The summed E-state index contributed by atoms with van der Waals surface area (Å²) in [7, 11) is 0. The Morgan fingerprint density at radius 2 is 1.78 bits per heavy atom. The van der Waals surface area contributed by atoms with Gasteiger partial charge in [0, 0.05) is 17.5 Å². The number of rotatable bonds is 5. The summed E-state index contributed by atoms with van der Waals surface area (Å²) in [5, 5.41) is 6.34. The Bertz CT molecular complexity index is 612. The van der Waals surface area contributed by atoms with Gasteiger partial charge in [-0.2, -0.15) is 0 Å². The van der Waals surface area contributed by atoms with Crippen molar-refractivity contribution in [2.75, 3.05) is 13.1 Å². The van der Waals surface area contributed by atoms with Crippen LogP contribution in [-0.2, 0) is 4.79 Å². The molecule has 0 radical (unpaired) electrons. The molecule has 2 aromatic rings. The molecule has 1 heterocycles. The summed E-state index contributed by atoms with van der Waals surface area (Å²) in [6, 6.07) is 20.4. The minimum Gasteiger partial charge on any atom is -0.351 e. The number of benzene rings is 2. The molecule has 0 spiro atoms. The molecule has 1 unspecified atom stereocenters. The van der Waals surface area contributed by atoms with E-state index >= 15 is 0 Å². The van der Waals surface area contributed by atoms with Gasteiger partial charge < -0.3 is 10.6 Å². The van der Waals surface area contributed by atoms with Crippen LogP contribution < -0.4 is 10.6 Å². The van der Waals surface area contributed by atoms with Gasteiger partial charge in [0.2, 0.25) is 5.91 Å². The van der Waals surface area contributed by atoms with Gasteiger partial charge in [0.25, 0.3) is 0 Å². The van der Waals surface area contributed by atoms with E-state index in [1.807, 2.05) is 48.5 Å². The normalized spacial score (nSPS) is 19.0. The van der Waals surface area contributed by atoms with Crippen LogP contribution in [0, 0.1) is 0 Å². The van der Waals surface area contributed by atoms with Crippen LogP contribution in [0.1, 0.15) is 23.7 Å². The molecule has 1 aliphatic heterocycles. The third-order valence-corrected chi connectivity index (χ3v) is 5.25. The molecule has 0 bridgehead atoms. The van der Waals surface area contributed by atoms with Crippen molar-refractivity contribution >= 4 is 17.7 Å². The molecule has 3 rings (SSSR count). The second-order valence-corrected chi connectivity index (χ2v) is 6.95. The van der Waals surface area contributed by atoms with Crippen LogP contribution in [0.3, 0.4) is 0 Å². The zero-order chi connectivity index (χ0) is 15.9. The Balaban J connectivity index is 1.75. The minimum absolute atomic E-state index is 0.0961. The molecule has 2 N–H and O–H groups in total. The maximum atomic E-state index is 12.9. The van der Waals surface area contributed by atoms with E-state index in [2.05, 4.69) is 22.8 Å². The fourth-order valence-electron chi connectivity index (χ4n) is 2.79. The van der Waals surface area contributed by atoms with E-state index in [1.165, 1.54) is 0 Å². The highest BCUT2D eigenvalue weighted by Gasteiger charge is 2.25. The van der Waals surface area contributed by atoms with Gasteiger partial charge in [0.1, 0.15) is 5.25 Å². The molecule has 4 heteroatoms. The first-order chi connectivity index (χ1) is 11.3. The summed E-state index contributed by atoms with van der Waals surface area (Å²) in [5.41, 5.74) is 1.04. The van der Waals surface area contributed by atoms with E-state index in [1.54, 1.807) is 11.8 Å². The lowest BCUT2D eigenvalue weighted by Crippen LogP contribution is -2.46. The van der Waals surface area contributed by atoms with Crippen LogP contribution in [0.15, 0.2) is 65.6 Å². The van der Waals surface area contributed by atoms with Crippen molar-refractivity contribution in [1.82, 2.24) is 10.6 Å². The number of carbonyl (C=O) groups is 1. The van der Waals surface area contributed by atoms with Crippen LogP contribution in [0.2, 0.25) is 0 Å². The van der Waals surface area contributed by atoms with Crippen molar-refractivity contribution in [3.05, 3.63) is 66.2 Å². The highest BCUT2D eigenvalue weighted by atomic mass is 32.2. The average Bonchev–Trinajstić information content (AvgIpc) is 2.62. The highest BCUT2D eigenvalue weighted by Crippen LogP contribution is 2.35. The Hall–Kier alpha value is -1.78. The summed E-state index contributed by atoms with van der Waals surface area (Å²) in [4.78, 5) is 14.0. The van der Waals surface area contributed by atoms with Crippen LogP contribution in [0.5, 0.6) is 0 Å². The van der Waals surface area contributed by atoms with Crippen LogP contribution in [0.25, 0.3) is 0 Å². The molecular weight excluding hydrogens is 304 g/mol. The Labute approximate surface area is 141 Å². The Morgan fingerprint density at radius 3 is 2.43 bits per heavy atom. The van der Waals surface area contributed by atoms with E-state index < -0.39 is 0 Å². The lowest BCUT2D eigenvalue weighted by molar-refractivity contribution is -0.121. The average molecular weight is 326 g/mol. The predicted octanol–water partition coefficient (Wildman–Crippen LogP) is 3.39. The van der Waals surface area contributed by atoms with E-state index in [9.17, 15) is 4.79 Å². The van der Waals surface area contributed by atoms with E-state index in [0.717, 1.165) is 36.4 Å². The van der Waals surface area contributed by atoms with Gasteiger partial charge in [-0.1, -0.05) is 48.5 Å². The fourth-order valence-corrected chi connectivity index (χ4v) is 3.84. The van der Waals surface area contributed by atoms with Crippen LogP contribution in [-0.4, -0.2) is 25.0 Å². The summed E-state index contributed by atoms with van der Waals surface area (Å²) < 4.78 is 0. The SMILES string of the molecule is O=C(N[C@H]1CCCNC1)C(Sc1ccccc1)c1ccccc1. The smallest absolute Gasteiger partial charge is 0.238 e. The first-order valence-corrected chi connectivity index (χ1v) is 8.98. The topological polar surface area (TPSA) is 41.1 Å². The third-order valence-electron chi connectivity index (χ3n) is 3.98. The molecule has 1 saturated heterocycles. The number of carbonyl (C=O) groups excluding carboxylic acids is 1. The highest BCUT2D eigenvalue weighted by molar-refractivity contribution is 8.00. The molecular formula is C19H22N2OS. The lowest BCUT2D eigenvalue weighted by Gasteiger charge is -2.26. The quantitative estimate of drug-likeness (QED) is 0.828. The zero-order valence-corrected chi connectivity index (χ0v) is 13.9. The summed E-state index contributed by atoms with van der Waals surface area (Å²) in [6.07, 6.45) is 2.17. The number of amides is 1.